The van der Waals surface area contributed by atoms with Crippen LogP contribution in [0.4, 0.5) is 5.82 Å². The molecule has 1 saturated heterocycles. The summed E-state index contributed by atoms with van der Waals surface area (Å²) in [5.74, 6) is -0.145. The molecule has 116 valence electrons. The third-order valence-electron chi connectivity index (χ3n) is 3.15. The number of nitrogens with one attached hydrogen (secondary N) is 1. The molecule has 1 fully saturated rings. The molecule has 0 unspecified atom stereocenters. The summed E-state index contributed by atoms with van der Waals surface area (Å²) < 4.78 is 12.7. The Morgan fingerprint density at radius 2 is 2.38 bits per heavy atom. The van der Waals surface area contributed by atoms with Crippen molar-refractivity contribution in [2.24, 2.45) is 0 Å². The minimum absolute atomic E-state index is 0.168. The molecule has 1 aromatic rings. The zero-order valence-corrected chi connectivity index (χ0v) is 13.7. The Balaban J connectivity index is 2.29. The molecule has 0 radical (unpaired) electrons. The summed E-state index contributed by atoms with van der Waals surface area (Å²) in [5.41, 5.74) is -0.588. The number of amides is 1. The highest BCUT2D eigenvalue weighted by Gasteiger charge is 2.44. The van der Waals surface area contributed by atoms with Gasteiger partial charge in [0, 0.05) is 24.7 Å². The molecule has 1 aromatic heterocycles. The molecule has 0 bridgehead atoms. The number of anilines is 1. The van der Waals surface area contributed by atoms with E-state index >= 15 is 0 Å². The smallest absolute Gasteiger partial charge is 0.351 e. The van der Waals surface area contributed by atoms with Gasteiger partial charge in [0.2, 0.25) is 5.91 Å². The van der Waals surface area contributed by atoms with Crippen molar-refractivity contribution < 1.29 is 19.4 Å². The fourth-order valence-electron chi connectivity index (χ4n) is 2.18. The second-order valence-corrected chi connectivity index (χ2v) is 5.47. The predicted molar refractivity (Wildman–Crippen MR) is 82.4 cm³/mol. The number of aliphatic hydroxyl groups is 1. The summed E-state index contributed by atoms with van der Waals surface area (Å²) in [7, 11) is 1.45. The summed E-state index contributed by atoms with van der Waals surface area (Å²) in [6.45, 7) is 1.33. The lowest BCUT2D eigenvalue weighted by Crippen LogP contribution is -2.37. The first-order valence-electron chi connectivity index (χ1n) is 6.27. The highest BCUT2D eigenvalue weighted by atomic mass is 127. The molecule has 8 nitrogen and oxygen atoms in total. The number of aliphatic hydroxyl groups excluding tert-OH is 1. The van der Waals surface area contributed by atoms with Crippen molar-refractivity contribution in [2.45, 2.75) is 31.5 Å². The third-order valence-corrected chi connectivity index (χ3v) is 4.01. The van der Waals surface area contributed by atoms with Crippen LogP contribution in [-0.4, -0.2) is 50.4 Å². The molecule has 0 spiro atoms. The summed E-state index contributed by atoms with van der Waals surface area (Å²) in [4.78, 5) is 26.8. The van der Waals surface area contributed by atoms with E-state index in [0.717, 1.165) is 0 Å². The Labute approximate surface area is 134 Å². The summed E-state index contributed by atoms with van der Waals surface area (Å²) in [6, 6.07) is 1.49. The number of alkyl halides is 1. The Morgan fingerprint density at radius 3 is 2.90 bits per heavy atom. The standard InChI is InChI=1S/C12H16IN3O5/c1-6(17)14-8-3-4-16(12(19)15-8)11-10(20-2)9(18)7(5-13)21-11/h3-4,7,9-11,18H,5H2,1-2H3,(H,14,15,17,19)/t7-,9-,10-,11-/m1/s1. The average molecular weight is 409 g/mol. The van der Waals surface area contributed by atoms with E-state index in [2.05, 4.69) is 32.9 Å². The molecule has 0 aliphatic carbocycles. The topological polar surface area (TPSA) is 103 Å². The van der Waals surface area contributed by atoms with Crippen LogP contribution in [0.2, 0.25) is 0 Å². The Hall–Kier alpha value is -1.04. The van der Waals surface area contributed by atoms with E-state index in [1.807, 2.05) is 0 Å². The number of ether oxygens (including phenoxy) is 2. The number of carbonyl (C=O) groups excluding carboxylic acids is 1. The van der Waals surface area contributed by atoms with Crippen LogP contribution in [0.5, 0.6) is 0 Å². The van der Waals surface area contributed by atoms with Gasteiger partial charge in [-0.15, -0.1) is 0 Å². The van der Waals surface area contributed by atoms with Crippen LogP contribution in [0.15, 0.2) is 17.1 Å². The number of nitrogens with zero attached hydrogens (tertiary/aromatic N) is 2. The molecule has 21 heavy (non-hydrogen) atoms. The zero-order chi connectivity index (χ0) is 15.6. The lowest BCUT2D eigenvalue weighted by atomic mass is 10.1. The Bertz CT molecular complexity index is 578. The first-order chi connectivity index (χ1) is 9.97. The summed E-state index contributed by atoms with van der Waals surface area (Å²) in [5, 5.41) is 12.5. The van der Waals surface area contributed by atoms with Crippen LogP contribution in [0.1, 0.15) is 13.2 Å². The second-order valence-electron chi connectivity index (χ2n) is 4.59. The van der Waals surface area contributed by atoms with Gasteiger partial charge in [-0.2, -0.15) is 4.98 Å². The number of rotatable bonds is 4. The van der Waals surface area contributed by atoms with Gasteiger partial charge in [0.15, 0.2) is 6.23 Å². The van der Waals surface area contributed by atoms with Crippen LogP contribution in [-0.2, 0) is 14.3 Å². The normalized spacial score (nSPS) is 28.6. The minimum Gasteiger partial charge on any atom is -0.387 e. The Morgan fingerprint density at radius 1 is 1.67 bits per heavy atom. The molecular formula is C12H16IN3O5. The van der Waals surface area contributed by atoms with Crippen molar-refractivity contribution in [2.75, 3.05) is 16.9 Å². The number of aromatic nitrogens is 2. The largest absolute Gasteiger partial charge is 0.387 e. The van der Waals surface area contributed by atoms with E-state index in [1.165, 1.54) is 30.9 Å². The number of hydrogen-bond acceptors (Lipinski definition) is 6. The van der Waals surface area contributed by atoms with Gasteiger partial charge < -0.3 is 19.9 Å². The van der Waals surface area contributed by atoms with E-state index in [1.54, 1.807) is 0 Å². The van der Waals surface area contributed by atoms with Gasteiger partial charge in [0.25, 0.3) is 0 Å². The van der Waals surface area contributed by atoms with Crippen LogP contribution in [0, 0.1) is 0 Å². The zero-order valence-electron chi connectivity index (χ0n) is 11.5. The molecule has 1 aliphatic rings. The number of hydrogen-bond donors (Lipinski definition) is 2. The van der Waals surface area contributed by atoms with Gasteiger partial charge in [-0.1, -0.05) is 22.6 Å². The first-order valence-corrected chi connectivity index (χ1v) is 7.79. The molecule has 0 saturated carbocycles. The molecular weight excluding hydrogens is 393 g/mol. The summed E-state index contributed by atoms with van der Waals surface area (Å²) >= 11 is 2.10. The summed E-state index contributed by atoms with van der Waals surface area (Å²) in [6.07, 6.45) is -1.19. The molecule has 4 atom stereocenters. The predicted octanol–water partition coefficient (Wildman–Crippen LogP) is -0.0900. The molecule has 2 rings (SSSR count). The second kappa shape index (κ2) is 6.81. The maximum Gasteiger partial charge on any atom is 0.351 e. The van der Waals surface area contributed by atoms with Crippen LogP contribution < -0.4 is 11.0 Å². The quantitative estimate of drug-likeness (QED) is 0.533. The van der Waals surface area contributed by atoms with Crippen molar-refractivity contribution in [3.05, 3.63) is 22.7 Å². The average Bonchev–Trinajstić information content (AvgIpc) is 2.74. The Kier molecular flexibility index (Phi) is 5.30. The van der Waals surface area contributed by atoms with E-state index in [-0.39, 0.29) is 11.7 Å². The first kappa shape index (κ1) is 16.3. The van der Waals surface area contributed by atoms with Crippen LogP contribution in [0.25, 0.3) is 0 Å². The van der Waals surface area contributed by atoms with Gasteiger partial charge in [-0.25, -0.2) is 4.79 Å². The number of halogens is 1. The number of carbonyl (C=O) groups is 1. The van der Waals surface area contributed by atoms with Crippen molar-refractivity contribution in [1.82, 2.24) is 9.55 Å². The van der Waals surface area contributed by atoms with Crippen molar-refractivity contribution >= 4 is 34.3 Å². The van der Waals surface area contributed by atoms with Gasteiger partial charge in [0.05, 0.1) is 6.10 Å². The van der Waals surface area contributed by atoms with E-state index in [0.29, 0.717) is 4.43 Å². The maximum atomic E-state index is 12.1. The fraction of sp³-hybridized carbons (Fsp3) is 0.583. The number of methoxy groups -OCH3 is 1. The lowest BCUT2D eigenvalue weighted by Gasteiger charge is -2.20. The van der Waals surface area contributed by atoms with Crippen molar-refractivity contribution in [3.63, 3.8) is 0 Å². The SMILES string of the molecule is CO[C@@H]1[C@H](O)[C@@H](CI)O[C@H]1n1ccc(NC(C)=O)nc1=O. The minimum atomic E-state index is -0.821. The molecule has 2 heterocycles. The van der Waals surface area contributed by atoms with Gasteiger partial charge in [-0.05, 0) is 6.07 Å². The van der Waals surface area contributed by atoms with E-state index in [9.17, 15) is 14.7 Å². The van der Waals surface area contributed by atoms with Crippen LogP contribution in [0.3, 0.4) is 0 Å². The third kappa shape index (κ3) is 3.42. The van der Waals surface area contributed by atoms with Crippen LogP contribution >= 0.6 is 22.6 Å². The monoisotopic (exact) mass is 409 g/mol. The maximum absolute atomic E-state index is 12.1. The van der Waals surface area contributed by atoms with Gasteiger partial charge in [0.1, 0.15) is 18.0 Å². The fourth-order valence-corrected chi connectivity index (χ4v) is 2.91. The van der Waals surface area contributed by atoms with Gasteiger partial charge >= 0.3 is 5.69 Å². The molecule has 2 N–H and O–H groups in total. The highest BCUT2D eigenvalue weighted by molar-refractivity contribution is 14.1. The van der Waals surface area contributed by atoms with Gasteiger partial charge in [-0.3, -0.25) is 9.36 Å². The van der Waals surface area contributed by atoms with Crippen molar-refractivity contribution in [1.29, 1.82) is 0 Å². The van der Waals surface area contributed by atoms with Crippen molar-refractivity contribution in [3.8, 4) is 0 Å². The molecule has 9 heteroatoms. The highest BCUT2D eigenvalue weighted by Crippen LogP contribution is 2.31. The lowest BCUT2D eigenvalue weighted by molar-refractivity contribution is -0.114. The molecule has 1 aliphatic heterocycles. The molecule has 1 amide bonds. The molecule has 0 aromatic carbocycles. The van der Waals surface area contributed by atoms with E-state index < -0.39 is 30.2 Å². The van der Waals surface area contributed by atoms with E-state index in [4.69, 9.17) is 9.47 Å².